The molecule has 0 saturated heterocycles. The van der Waals surface area contributed by atoms with Crippen LogP contribution in [0.1, 0.15) is 21.6 Å². The van der Waals surface area contributed by atoms with Crippen molar-refractivity contribution in [3.05, 3.63) is 89.6 Å². The van der Waals surface area contributed by atoms with Gasteiger partial charge in [0.1, 0.15) is 17.0 Å². The Bertz CT molecular complexity index is 1840. The first-order chi connectivity index (χ1) is 19.6. The number of hydrazone groups is 1. The van der Waals surface area contributed by atoms with Crippen LogP contribution in [0.5, 0.6) is 5.75 Å². The van der Waals surface area contributed by atoms with Crippen LogP contribution in [0.25, 0.3) is 28.1 Å². The minimum absolute atomic E-state index is 0.0317. The SMILES string of the molecule is COc1ccc(C=NNC(=O)c2c(-c3ccccc3)nnn2-c2nonc2N)cc1Cn1nnc2ccccc21. The average molecular weight is 536 g/mol. The number of hydrogen-bond donors (Lipinski definition) is 2. The van der Waals surface area contributed by atoms with Crippen LogP contribution in [0.3, 0.4) is 0 Å². The Balaban J connectivity index is 1.27. The minimum Gasteiger partial charge on any atom is -0.496 e. The van der Waals surface area contributed by atoms with Gasteiger partial charge in [0.2, 0.25) is 11.6 Å². The summed E-state index contributed by atoms with van der Waals surface area (Å²) >= 11 is 0. The van der Waals surface area contributed by atoms with Gasteiger partial charge in [-0.3, -0.25) is 4.79 Å². The molecule has 0 aliphatic carbocycles. The van der Waals surface area contributed by atoms with Gasteiger partial charge in [0, 0.05) is 11.1 Å². The van der Waals surface area contributed by atoms with E-state index in [2.05, 4.69) is 46.1 Å². The summed E-state index contributed by atoms with van der Waals surface area (Å²) in [6.07, 6.45) is 1.52. The molecule has 198 valence electrons. The zero-order chi connectivity index (χ0) is 27.5. The number of amides is 1. The van der Waals surface area contributed by atoms with Crippen LogP contribution >= 0.6 is 0 Å². The molecule has 0 fully saturated rings. The molecular formula is C26H21N11O3. The topological polar surface area (TPSA) is 177 Å². The van der Waals surface area contributed by atoms with Gasteiger partial charge in [-0.15, -0.1) is 10.2 Å². The van der Waals surface area contributed by atoms with Crippen molar-refractivity contribution in [2.24, 2.45) is 5.10 Å². The number of hydrogen-bond acceptors (Lipinski definition) is 11. The molecule has 1 amide bonds. The molecule has 40 heavy (non-hydrogen) atoms. The first-order valence-electron chi connectivity index (χ1n) is 12.0. The summed E-state index contributed by atoms with van der Waals surface area (Å²) in [6, 6.07) is 22.3. The number of carbonyl (C=O) groups is 1. The van der Waals surface area contributed by atoms with E-state index in [4.69, 9.17) is 10.5 Å². The third-order valence-electron chi connectivity index (χ3n) is 6.05. The number of nitrogens with two attached hydrogens (primary N) is 1. The molecular weight excluding hydrogens is 514 g/mol. The molecule has 3 aromatic heterocycles. The van der Waals surface area contributed by atoms with Crippen molar-refractivity contribution in [3.8, 4) is 22.8 Å². The number of fused-ring (bicyclic) bond motifs is 1. The van der Waals surface area contributed by atoms with Gasteiger partial charge in [0.05, 0.1) is 25.4 Å². The maximum absolute atomic E-state index is 13.3. The van der Waals surface area contributed by atoms with Crippen molar-refractivity contribution in [1.82, 2.24) is 45.7 Å². The van der Waals surface area contributed by atoms with Crippen molar-refractivity contribution in [2.75, 3.05) is 12.8 Å². The number of methoxy groups -OCH3 is 1. The second kappa shape index (κ2) is 10.4. The van der Waals surface area contributed by atoms with Crippen molar-refractivity contribution >= 4 is 29.0 Å². The Labute approximate surface area is 226 Å². The average Bonchev–Trinajstić information content (AvgIpc) is 3.72. The largest absolute Gasteiger partial charge is 0.496 e. The van der Waals surface area contributed by atoms with E-state index in [9.17, 15) is 4.79 Å². The highest BCUT2D eigenvalue weighted by Gasteiger charge is 2.25. The van der Waals surface area contributed by atoms with Crippen LogP contribution in [0.2, 0.25) is 0 Å². The number of para-hydroxylation sites is 1. The van der Waals surface area contributed by atoms with E-state index in [0.717, 1.165) is 26.8 Å². The fraction of sp³-hybridized carbons (Fsp3) is 0.0769. The standard InChI is InChI=1S/C26H21N11O3/c1-39-21-12-11-16(13-18(21)15-36-20-10-6-5-9-19(20)29-34-36)14-28-31-26(38)23-22(17-7-3-2-4-8-17)30-35-37(23)25-24(27)32-40-33-25/h2-14H,15H2,1H3,(H2,27,32)(H,31,38). The van der Waals surface area contributed by atoms with Gasteiger partial charge in [-0.25, -0.2) is 14.7 Å². The number of nitrogens with zero attached hydrogens (tertiary/aromatic N) is 9. The van der Waals surface area contributed by atoms with E-state index in [1.807, 2.05) is 60.7 Å². The highest BCUT2D eigenvalue weighted by atomic mass is 16.6. The van der Waals surface area contributed by atoms with E-state index in [0.29, 0.717) is 23.6 Å². The van der Waals surface area contributed by atoms with Gasteiger partial charge in [0.25, 0.3) is 5.91 Å². The maximum Gasteiger partial charge on any atom is 0.292 e. The van der Waals surface area contributed by atoms with Gasteiger partial charge >= 0.3 is 0 Å². The number of nitrogen functional groups attached to an aromatic ring is 1. The number of anilines is 1. The Morgan fingerprint density at radius 1 is 1.05 bits per heavy atom. The fourth-order valence-corrected chi connectivity index (χ4v) is 4.18. The van der Waals surface area contributed by atoms with Crippen molar-refractivity contribution in [1.29, 1.82) is 0 Å². The number of nitrogens with one attached hydrogen (secondary N) is 1. The maximum atomic E-state index is 13.3. The summed E-state index contributed by atoms with van der Waals surface area (Å²) in [5.41, 5.74) is 12.7. The quantitative estimate of drug-likeness (QED) is 0.217. The van der Waals surface area contributed by atoms with Gasteiger partial charge in [-0.2, -0.15) is 9.78 Å². The predicted octanol–water partition coefficient (Wildman–Crippen LogP) is 2.46. The molecule has 6 aromatic rings. The first kappa shape index (κ1) is 24.4. The van der Waals surface area contributed by atoms with Crippen LogP contribution < -0.4 is 15.9 Å². The van der Waals surface area contributed by atoms with Gasteiger partial charge in [-0.05, 0) is 46.2 Å². The van der Waals surface area contributed by atoms with Crippen LogP contribution in [0, 0.1) is 0 Å². The smallest absolute Gasteiger partial charge is 0.292 e. The molecule has 0 bridgehead atoms. The summed E-state index contributed by atoms with van der Waals surface area (Å²) in [5.74, 6) is 0.0737. The monoisotopic (exact) mass is 535 g/mol. The van der Waals surface area contributed by atoms with Gasteiger partial charge < -0.3 is 10.5 Å². The zero-order valence-corrected chi connectivity index (χ0v) is 21.0. The molecule has 0 unspecified atom stereocenters. The highest BCUT2D eigenvalue weighted by Crippen LogP contribution is 2.25. The lowest BCUT2D eigenvalue weighted by Gasteiger charge is -2.10. The van der Waals surface area contributed by atoms with Crippen LogP contribution in [-0.4, -0.2) is 59.5 Å². The van der Waals surface area contributed by atoms with Crippen molar-refractivity contribution < 1.29 is 14.2 Å². The summed E-state index contributed by atoms with van der Waals surface area (Å²) < 4.78 is 13.2. The highest BCUT2D eigenvalue weighted by molar-refractivity contribution is 5.99. The Kier molecular flexibility index (Phi) is 6.38. The fourth-order valence-electron chi connectivity index (χ4n) is 4.18. The third-order valence-corrected chi connectivity index (χ3v) is 6.05. The van der Waals surface area contributed by atoms with Crippen LogP contribution in [0.4, 0.5) is 5.82 Å². The minimum atomic E-state index is -0.592. The Morgan fingerprint density at radius 2 is 1.88 bits per heavy atom. The lowest BCUT2D eigenvalue weighted by Crippen LogP contribution is -2.22. The number of aromatic nitrogens is 8. The van der Waals surface area contributed by atoms with Crippen molar-refractivity contribution in [2.45, 2.75) is 6.54 Å². The molecule has 14 nitrogen and oxygen atoms in total. The number of ether oxygens (including phenoxy) is 1. The lowest BCUT2D eigenvalue weighted by atomic mass is 10.1. The van der Waals surface area contributed by atoms with E-state index in [-0.39, 0.29) is 17.3 Å². The summed E-state index contributed by atoms with van der Waals surface area (Å²) in [4.78, 5) is 13.3. The Hall–Kier alpha value is -5.92. The van der Waals surface area contributed by atoms with E-state index in [1.165, 1.54) is 6.21 Å². The molecule has 0 radical (unpaired) electrons. The number of carbonyl (C=O) groups excluding carboxylic acids is 1. The lowest BCUT2D eigenvalue weighted by molar-refractivity contribution is 0.0947. The number of benzene rings is 3. The van der Waals surface area contributed by atoms with E-state index >= 15 is 0 Å². The van der Waals surface area contributed by atoms with Crippen LogP contribution in [-0.2, 0) is 6.54 Å². The summed E-state index contributed by atoms with van der Waals surface area (Å²) in [7, 11) is 1.60. The molecule has 3 N–H and O–H groups in total. The first-order valence-corrected chi connectivity index (χ1v) is 12.0. The zero-order valence-electron chi connectivity index (χ0n) is 21.0. The third kappa shape index (κ3) is 4.60. The molecule has 6 rings (SSSR count). The summed E-state index contributed by atoms with van der Waals surface area (Å²) in [5, 5.41) is 28.2. The molecule has 3 heterocycles. The molecule has 0 spiro atoms. The molecule has 0 aliphatic rings. The summed E-state index contributed by atoms with van der Waals surface area (Å²) in [6.45, 7) is 0.427. The molecule has 0 saturated carbocycles. The normalized spacial score (nSPS) is 11.3. The molecule has 0 aliphatic heterocycles. The van der Waals surface area contributed by atoms with Crippen molar-refractivity contribution in [3.63, 3.8) is 0 Å². The molecule has 3 aromatic carbocycles. The van der Waals surface area contributed by atoms with Gasteiger partial charge in [-0.1, -0.05) is 52.9 Å². The number of rotatable bonds is 8. The predicted molar refractivity (Wildman–Crippen MR) is 144 cm³/mol. The van der Waals surface area contributed by atoms with Crippen LogP contribution in [0.15, 0.2) is 82.5 Å². The van der Waals surface area contributed by atoms with E-state index in [1.54, 1.807) is 23.9 Å². The Morgan fingerprint density at radius 3 is 2.67 bits per heavy atom. The second-order valence-electron chi connectivity index (χ2n) is 8.54. The molecule has 0 atom stereocenters. The molecule has 14 heteroatoms. The van der Waals surface area contributed by atoms with E-state index < -0.39 is 5.91 Å². The second-order valence-corrected chi connectivity index (χ2v) is 8.54. The van der Waals surface area contributed by atoms with Gasteiger partial charge in [0.15, 0.2) is 5.69 Å².